The lowest BCUT2D eigenvalue weighted by Crippen LogP contribution is -2.03. The molecule has 0 N–H and O–H groups in total. The number of hydrogen-bond acceptors (Lipinski definition) is 1. The number of halogens is 4. The normalized spacial score (nSPS) is 12.2. The average molecular weight is 379 g/mol. The first-order valence-electron chi connectivity index (χ1n) is 7.83. The molecule has 0 atom stereocenters. The summed E-state index contributed by atoms with van der Waals surface area (Å²) in [6.45, 7) is 0.460. The van der Waals surface area contributed by atoms with Crippen LogP contribution in [0.15, 0.2) is 65.8 Å². The largest absolute Gasteiger partial charge is 0.416 e. The molecule has 0 aliphatic carbocycles. The Morgan fingerprint density at radius 1 is 1.04 bits per heavy atom. The minimum atomic E-state index is -4.30. The Bertz CT molecular complexity index is 922. The van der Waals surface area contributed by atoms with E-state index in [0.29, 0.717) is 12.1 Å². The van der Waals surface area contributed by atoms with Gasteiger partial charge in [0.2, 0.25) is 0 Å². The first-order chi connectivity index (χ1) is 11.9. The fourth-order valence-corrected chi connectivity index (χ4v) is 2.68. The second-order valence-electron chi connectivity index (χ2n) is 5.73. The van der Waals surface area contributed by atoms with Gasteiger partial charge in [0, 0.05) is 30.4 Å². The molecule has 0 radical (unpaired) electrons. The summed E-state index contributed by atoms with van der Waals surface area (Å²) in [6.07, 6.45) is 3.11. The van der Waals surface area contributed by atoms with E-state index < -0.39 is 11.7 Å². The highest BCUT2D eigenvalue weighted by molar-refractivity contribution is 5.98. The highest BCUT2D eigenvalue weighted by atomic mass is 35.5. The highest BCUT2D eigenvalue weighted by Crippen LogP contribution is 2.29. The molecule has 2 aromatic carbocycles. The summed E-state index contributed by atoms with van der Waals surface area (Å²) in [6, 6.07) is 13.2. The zero-order valence-corrected chi connectivity index (χ0v) is 14.9. The van der Waals surface area contributed by atoms with Gasteiger partial charge in [0.15, 0.2) is 0 Å². The zero-order chi connectivity index (χ0) is 17.9. The maximum Gasteiger partial charge on any atom is 0.416 e. The Morgan fingerprint density at radius 2 is 1.77 bits per heavy atom. The minimum absolute atomic E-state index is 0. The van der Waals surface area contributed by atoms with Crippen molar-refractivity contribution in [3.8, 4) is 0 Å². The Hall–Kier alpha value is -2.53. The van der Waals surface area contributed by atoms with Gasteiger partial charge < -0.3 is 4.57 Å². The van der Waals surface area contributed by atoms with Gasteiger partial charge in [0.05, 0.1) is 17.6 Å². The van der Waals surface area contributed by atoms with Crippen molar-refractivity contribution in [3.63, 3.8) is 0 Å². The number of fused-ring (bicyclic) bond motifs is 1. The molecule has 0 saturated carbocycles. The van der Waals surface area contributed by atoms with Crippen LogP contribution in [0.4, 0.5) is 13.2 Å². The minimum Gasteiger partial charge on any atom is -0.350 e. The monoisotopic (exact) mass is 378 g/mol. The molecule has 0 saturated heterocycles. The number of nitrogens with zero attached hydrogens (tertiary/aromatic N) is 2. The standard InChI is InChI=1S/C20H17F3N2.ClH/c1-25-13-11-16-5-2-6-17(19(16)25)14-24-12-3-4-15-7-9-18(10-8-15)20(21,22)23;/h2-11,13-14H,12H2,1H3;1H/b4-3+,24-14?;. The molecular formula is C20H18ClF3N2. The molecule has 1 aromatic heterocycles. The van der Waals surface area contributed by atoms with Crippen LogP contribution < -0.4 is 0 Å². The lowest BCUT2D eigenvalue weighted by Gasteiger charge is -2.05. The number of para-hydroxylation sites is 1. The predicted octanol–water partition coefficient (Wildman–Crippen LogP) is 5.75. The van der Waals surface area contributed by atoms with Crippen LogP contribution in [0.2, 0.25) is 0 Å². The van der Waals surface area contributed by atoms with Crippen molar-refractivity contribution in [2.45, 2.75) is 6.18 Å². The van der Waals surface area contributed by atoms with E-state index in [1.165, 1.54) is 12.1 Å². The average Bonchev–Trinajstić information content (AvgIpc) is 2.96. The van der Waals surface area contributed by atoms with E-state index in [2.05, 4.69) is 21.7 Å². The van der Waals surface area contributed by atoms with E-state index in [1.807, 2.05) is 37.7 Å². The Balaban J connectivity index is 0.00000243. The van der Waals surface area contributed by atoms with Gasteiger partial charge in [-0.1, -0.05) is 42.5 Å². The molecule has 6 heteroatoms. The van der Waals surface area contributed by atoms with Crippen LogP contribution in [0.25, 0.3) is 17.0 Å². The third-order valence-electron chi connectivity index (χ3n) is 3.92. The molecule has 2 nitrogen and oxygen atoms in total. The molecular weight excluding hydrogens is 361 g/mol. The van der Waals surface area contributed by atoms with Gasteiger partial charge in [-0.3, -0.25) is 4.99 Å². The maximum atomic E-state index is 12.5. The second-order valence-corrected chi connectivity index (χ2v) is 5.73. The van der Waals surface area contributed by atoms with Crippen LogP contribution in [0.1, 0.15) is 16.7 Å². The predicted molar refractivity (Wildman–Crippen MR) is 103 cm³/mol. The summed E-state index contributed by atoms with van der Waals surface area (Å²) in [7, 11) is 1.99. The molecule has 3 rings (SSSR count). The number of aromatic nitrogens is 1. The van der Waals surface area contributed by atoms with E-state index in [0.717, 1.165) is 28.6 Å². The van der Waals surface area contributed by atoms with Gasteiger partial charge >= 0.3 is 6.18 Å². The van der Waals surface area contributed by atoms with Gasteiger partial charge in [-0.15, -0.1) is 12.4 Å². The SMILES string of the molecule is Cl.Cn1ccc2cccc(C=NC/C=C/c3ccc(C(F)(F)F)cc3)c21. The Morgan fingerprint density at radius 3 is 2.46 bits per heavy atom. The Labute approximate surface area is 156 Å². The fourth-order valence-electron chi connectivity index (χ4n) is 2.68. The molecule has 0 aliphatic rings. The number of benzene rings is 2. The molecule has 0 spiro atoms. The summed E-state index contributed by atoms with van der Waals surface area (Å²) < 4.78 is 39.6. The van der Waals surface area contributed by atoms with E-state index >= 15 is 0 Å². The summed E-state index contributed by atoms with van der Waals surface area (Å²) in [5.41, 5.74) is 2.23. The second kappa shape index (κ2) is 8.23. The zero-order valence-electron chi connectivity index (χ0n) is 14.1. The first kappa shape index (κ1) is 19.8. The van der Waals surface area contributed by atoms with Crippen molar-refractivity contribution in [1.82, 2.24) is 4.57 Å². The molecule has 0 unspecified atom stereocenters. The number of aliphatic imine (C=N–C) groups is 1. The topological polar surface area (TPSA) is 17.3 Å². The molecule has 136 valence electrons. The maximum absolute atomic E-state index is 12.5. The first-order valence-corrected chi connectivity index (χ1v) is 7.83. The number of hydrogen-bond donors (Lipinski definition) is 0. The van der Waals surface area contributed by atoms with Crippen LogP contribution >= 0.6 is 12.4 Å². The third-order valence-corrected chi connectivity index (χ3v) is 3.92. The van der Waals surface area contributed by atoms with Crippen molar-refractivity contribution in [1.29, 1.82) is 0 Å². The Kier molecular flexibility index (Phi) is 6.27. The molecule has 0 aliphatic heterocycles. The lowest BCUT2D eigenvalue weighted by atomic mass is 10.1. The van der Waals surface area contributed by atoms with Crippen molar-refractivity contribution < 1.29 is 13.2 Å². The van der Waals surface area contributed by atoms with Gasteiger partial charge in [-0.05, 0) is 23.8 Å². The number of aryl methyl sites for hydroxylation is 1. The van der Waals surface area contributed by atoms with E-state index in [4.69, 9.17) is 0 Å². The molecule has 26 heavy (non-hydrogen) atoms. The summed E-state index contributed by atoms with van der Waals surface area (Å²) >= 11 is 0. The van der Waals surface area contributed by atoms with E-state index in [1.54, 1.807) is 6.08 Å². The highest BCUT2D eigenvalue weighted by Gasteiger charge is 2.29. The molecule has 1 heterocycles. The van der Waals surface area contributed by atoms with Crippen LogP contribution in [0, 0.1) is 0 Å². The summed E-state index contributed by atoms with van der Waals surface area (Å²) in [5, 5.41) is 1.16. The number of rotatable bonds is 4. The van der Waals surface area contributed by atoms with Crippen LogP contribution in [-0.4, -0.2) is 17.3 Å². The van der Waals surface area contributed by atoms with Crippen LogP contribution in [0.3, 0.4) is 0 Å². The lowest BCUT2D eigenvalue weighted by molar-refractivity contribution is -0.137. The quantitative estimate of drug-likeness (QED) is 0.514. The van der Waals surface area contributed by atoms with Gasteiger partial charge in [-0.2, -0.15) is 13.2 Å². The van der Waals surface area contributed by atoms with Crippen molar-refractivity contribution >= 4 is 35.6 Å². The van der Waals surface area contributed by atoms with Crippen molar-refractivity contribution in [2.24, 2.45) is 12.0 Å². The smallest absolute Gasteiger partial charge is 0.350 e. The molecule has 0 amide bonds. The van der Waals surface area contributed by atoms with Crippen LogP contribution in [0.5, 0.6) is 0 Å². The van der Waals surface area contributed by atoms with Gasteiger partial charge in [-0.25, -0.2) is 0 Å². The molecule has 3 aromatic rings. The van der Waals surface area contributed by atoms with Crippen molar-refractivity contribution in [3.05, 3.63) is 77.5 Å². The molecule has 0 bridgehead atoms. The van der Waals surface area contributed by atoms with E-state index in [-0.39, 0.29) is 12.4 Å². The van der Waals surface area contributed by atoms with E-state index in [9.17, 15) is 13.2 Å². The van der Waals surface area contributed by atoms with Gasteiger partial charge in [0.25, 0.3) is 0 Å². The number of alkyl halides is 3. The summed E-state index contributed by atoms with van der Waals surface area (Å²) in [4.78, 5) is 4.38. The van der Waals surface area contributed by atoms with Crippen molar-refractivity contribution in [2.75, 3.05) is 6.54 Å². The fraction of sp³-hybridized carbons (Fsp3) is 0.150. The van der Waals surface area contributed by atoms with Gasteiger partial charge in [0.1, 0.15) is 0 Å². The summed E-state index contributed by atoms with van der Waals surface area (Å²) in [5.74, 6) is 0. The van der Waals surface area contributed by atoms with Crippen LogP contribution in [-0.2, 0) is 13.2 Å². The molecule has 0 fully saturated rings. The third kappa shape index (κ3) is 4.55.